The average Bonchev–Trinajstić information content (AvgIpc) is 2.55. The van der Waals surface area contributed by atoms with E-state index in [2.05, 4.69) is 79.8 Å². The van der Waals surface area contributed by atoms with E-state index in [0.29, 0.717) is 0 Å². The summed E-state index contributed by atoms with van der Waals surface area (Å²) in [6.45, 7) is 4.62. The van der Waals surface area contributed by atoms with E-state index in [1.54, 1.807) is 0 Å². The lowest BCUT2D eigenvalue weighted by Gasteiger charge is -2.37. The first kappa shape index (κ1) is 13.1. The molecular weight excluding hydrogens is 266 g/mol. The van der Waals surface area contributed by atoms with E-state index in [1.807, 2.05) is 12.1 Å². The zero-order valence-corrected chi connectivity index (χ0v) is 12.9. The lowest BCUT2D eigenvalue weighted by Crippen LogP contribution is -2.26. The number of hydrogen-bond acceptors (Lipinski definition) is 1. The van der Waals surface area contributed by atoms with E-state index >= 15 is 0 Å². The summed E-state index contributed by atoms with van der Waals surface area (Å²) in [5.74, 6) is 0. The van der Waals surface area contributed by atoms with E-state index in [9.17, 15) is 0 Å². The zero-order chi connectivity index (χ0) is 15.2. The second-order valence-electron chi connectivity index (χ2n) is 6.31. The van der Waals surface area contributed by atoms with Crippen LogP contribution in [-0.2, 0) is 5.41 Å². The van der Waals surface area contributed by atoms with Crippen molar-refractivity contribution in [3.05, 3.63) is 83.9 Å². The Bertz CT molecular complexity index is 832. The molecule has 1 aliphatic rings. The molecule has 0 saturated carbocycles. The molecule has 0 spiro atoms. The molecule has 1 heterocycles. The molecule has 3 aromatic rings. The van der Waals surface area contributed by atoms with E-state index in [0.717, 1.165) is 0 Å². The minimum Gasteiger partial charge on any atom is -0.355 e. The Balaban J connectivity index is 1.99. The monoisotopic (exact) mass is 284 g/mol. The molecule has 1 nitrogen and oxygen atoms in total. The first-order valence-corrected chi connectivity index (χ1v) is 7.64. The molecule has 107 valence electrons. The maximum atomic E-state index is 3.60. The molecule has 1 heteroatoms. The molecular formula is C21H18N. The molecule has 22 heavy (non-hydrogen) atoms. The van der Waals surface area contributed by atoms with E-state index < -0.39 is 0 Å². The van der Waals surface area contributed by atoms with E-state index in [1.165, 1.54) is 33.6 Å². The molecule has 0 atom stereocenters. The highest BCUT2D eigenvalue weighted by Gasteiger charge is 2.34. The molecule has 1 radical (unpaired) electrons. The van der Waals surface area contributed by atoms with Gasteiger partial charge in [0.1, 0.15) is 0 Å². The van der Waals surface area contributed by atoms with Crippen molar-refractivity contribution in [2.24, 2.45) is 0 Å². The van der Waals surface area contributed by atoms with Gasteiger partial charge in [-0.2, -0.15) is 0 Å². The third-order valence-electron chi connectivity index (χ3n) is 4.59. The van der Waals surface area contributed by atoms with Crippen LogP contribution >= 0.6 is 0 Å². The smallest absolute Gasteiger partial charge is 0.0432 e. The Morgan fingerprint density at radius 1 is 0.818 bits per heavy atom. The van der Waals surface area contributed by atoms with Gasteiger partial charge in [0.05, 0.1) is 0 Å². The summed E-state index contributed by atoms with van der Waals surface area (Å²) in [6.07, 6.45) is 0. The molecule has 0 aromatic heterocycles. The fourth-order valence-corrected chi connectivity index (χ4v) is 3.55. The van der Waals surface area contributed by atoms with Crippen LogP contribution in [0.15, 0.2) is 66.7 Å². The summed E-state index contributed by atoms with van der Waals surface area (Å²) >= 11 is 0. The molecule has 3 aromatic carbocycles. The molecule has 0 amide bonds. The fraction of sp³-hybridized carbons (Fsp3) is 0.143. The van der Waals surface area contributed by atoms with Gasteiger partial charge in [0.2, 0.25) is 0 Å². The van der Waals surface area contributed by atoms with Crippen molar-refractivity contribution in [3.8, 4) is 11.1 Å². The summed E-state index contributed by atoms with van der Waals surface area (Å²) in [5.41, 5.74) is 7.61. The van der Waals surface area contributed by atoms with Crippen LogP contribution in [0, 0.1) is 6.07 Å². The van der Waals surface area contributed by atoms with E-state index in [4.69, 9.17) is 0 Å². The van der Waals surface area contributed by atoms with Crippen molar-refractivity contribution in [1.29, 1.82) is 0 Å². The minimum absolute atomic E-state index is 0.0344. The zero-order valence-electron chi connectivity index (χ0n) is 12.9. The minimum atomic E-state index is -0.0344. The van der Waals surface area contributed by atoms with Crippen molar-refractivity contribution < 1.29 is 0 Å². The van der Waals surface area contributed by atoms with Gasteiger partial charge in [0, 0.05) is 16.8 Å². The van der Waals surface area contributed by atoms with Gasteiger partial charge in [0.15, 0.2) is 0 Å². The molecule has 0 saturated heterocycles. The van der Waals surface area contributed by atoms with Crippen molar-refractivity contribution in [1.82, 2.24) is 0 Å². The van der Waals surface area contributed by atoms with Crippen LogP contribution < -0.4 is 5.32 Å². The molecule has 4 rings (SSSR count). The Morgan fingerprint density at radius 3 is 2.36 bits per heavy atom. The standard InChI is InChI=1S/C21H18N/c1-21(2)17-12-6-7-13-18(17)22-19-14-8-11-16(20(19)21)15-9-4-3-5-10-15/h4-14,22H,1-2H3. The predicted molar refractivity (Wildman–Crippen MR) is 92.6 cm³/mol. The molecule has 0 aliphatic carbocycles. The number of rotatable bonds is 1. The number of benzene rings is 3. The Kier molecular flexibility index (Phi) is 2.83. The van der Waals surface area contributed by atoms with Gasteiger partial charge in [-0.25, -0.2) is 0 Å². The number of fused-ring (bicyclic) bond motifs is 2. The van der Waals surface area contributed by atoms with Crippen molar-refractivity contribution >= 4 is 11.4 Å². The molecule has 1 N–H and O–H groups in total. The maximum absolute atomic E-state index is 3.60. The summed E-state index contributed by atoms with van der Waals surface area (Å²) in [5, 5.41) is 3.60. The number of para-hydroxylation sites is 1. The SMILES string of the molecule is CC1(C)c2ccccc2Nc2cccc(-c3cc[c]cc3)c21. The van der Waals surface area contributed by atoms with Gasteiger partial charge in [-0.3, -0.25) is 0 Å². The Morgan fingerprint density at radius 2 is 1.55 bits per heavy atom. The van der Waals surface area contributed by atoms with Crippen LogP contribution in [0.5, 0.6) is 0 Å². The molecule has 0 fully saturated rings. The van der Waals surface area contributed by atoms with E-state index in [-0.39, 0.29) is 5.41 Å². The van der Waals surface area contributed by atoms with Crippen molar-refractivity contribution in [2.45, 2.75) is 19.3 Å². The Hall–Kier alpha value is -2.54. The van der Waals surface area contributed by atoms with Gasteiger partial charge in [-0.05, 0) is 40.5 Å². The summed E-state index contributed by atoms with van der Waals surface area (Å²) in [6, 6.07) is 26.4. The molecule has 0 unspecified atom stereocenters. The van der Waals surface area contributed by atoms with Crippen LogP contribution in [0.1, 0.15) is 25.0 Å². The van der Waals surface area contributed by atoms with Crippen molar-refractivity contribution in [2.75, 3.05) is 5.32 Å². The quantitative estimate of drug-likeness (QED) is 0.619. The second kappa shape index (κ2) is 4.74. The van der Waals surface area contributed by atoms with Gasteiger partial charge in [-0.15, -0.1) is 0 Å². The highest BCUT2D eigenvalue weighted by Crippen LogP contribution is 2.48. The van der Waals surface area contributed by atoms with Crippen LogP contribution in [-0.4, -0.2) is 0 Å². The lowest BCUT2D eigenvalue weighted by molar-refractivity contribution is 0.640. The van der Waals surface area contributed by atoms with Crippen LogP contribution in [0.2, 0.25) is 0 Å². The topological polar surface area (TPSA) is 12.0 Å². The van der Waals surface area contributed by atoms with Gasteiger partial charge < -0.3 is 5.32 Å². The van der Waals surface area contributed by atoms with Gasteiger partial charge in [-0.1, -0.05) is 68.4 Å². The second-order valence-corrected chi connectivity index (χ2v) is 6.31. The van der Waals surface area contributed by atoms with Gasteiger partial charge in [0.25, 0.3) is 0 Å². The average molecular weight is 284 g/mol. The fourth-order valence-electron chi connectivity index (χ4n) is 3.55. The lowest BCUT2D eigenvalue weighted by atomic mass is 9.71. The number of nitrogens with one attached hydrogen (secondary N) is 1. The third kappa shape index (κ3) is 1.86. The van der Waals surface area contributed by atoms with Crippen LogP contribution in [0.25, 0.3) is 11.1 Å². The molecule has 0 bridgehead atoms. The highest BCUT2D eigenvalue weighted by molar-refractivity contribution is 5.84. The summed E-state index contributed by atoms with van der Waals surface area (Å²) in [4.78, 5) is 0. The predicted octanol–water partition coefficient (Wildman–Crippen LogP) is 5.54. The number of anilines is 2. The van der Waals surface area contributed by atoms with Crippen LogP contribution in [0.3, 0.4) is 0 Å². The first-order chi connectivity index (χ1) is 10.7. The third-order valence-corrected chi connectivity index (χ3v) is 4.59. The van der Waals surface area contributed by atoms with Crippen molar-refractivity contribution in [3.63, 3.8) is 0 Å². The summed E-state index contributed by atoms with van der Waals surface area (Å²) < 4.78 is 0. The largest absolute Gasteiger partial charge is 0.355 e. The molecule has 1 aliphatic heterocycles. The van der Waals surface area contributed by atoms with Gasteiger partial charge >= 0.3 is 0 Å². The first-order valence-electron chi connectivity index (χ1n) is 7.64. The highest BCUT2D eigenvalue weighted by atomic mass is 14.9. The maximum Gasteiger partial charge on any atom is 0.0432 e. The number of hydrogen-bond donors (Lipinski definition) is 1. The summed E-state index contributed by atoms with van der Waals surface area (Å²) in [7, 11) is 0. The van der Waals surface area contributed by atoms with Crippen LogP contribution in [0.4, 0.5) is 11.4 Å². The Labute approximate surface area is 131 Å². The normalized spacial score (nSPS) is 14.6.